The second-order valence-corrected chi connectivity index (χ2v) is 5.28. The first kappa shape index (κ1) is 13.8. The number of carbonyl (C=O) groups is 1. The fourth-order valence-corrected chi connectivity index (χ4v) is 2.53. The van der Waals surface area contributed by atoms with Gasteiger partial charge in [0.1, 0.15) is 6.10 Å². The molecule has 108 valence electrons. The smallest absolute Gasteiger partial charge is 0.249 e. The van der Waals surface area contributed by atoms with Gasteiger partial charge in [-0.2, -0.15) is 0 Å². The van der Waals surface area contributed by atoms with E-state index in [1.807, 2.05) is 18.2 Å². The first-order chi connectivity index (χ1) is 10.3. The zero-order chi connectivity index (χ0) is 14.5. The summed E-state index contributed by atoms with van der Waals surface area (Å²) < 4.78 is 5.37. The van der Waals surface area contributed by atoms with Crippen molar-refractivity contribution in [3.8, 4) is 11.1 Å². The normalized spacial score (nSPS) is 17.6. The largest absolute Gasteiger partial charge is 0.368 e. The third-order valence-electron chi connectivity index (χ3n) is 3.75. The monoisotopic (exact) mass is 281 g/mol. The van der Waals surface area contributed by atoms with Crippen LogP contribution in [0.15, 0.2) is 54.6 Å². The Morgan fingerprint density at radius 1 is 1.05 bits per heavy atom. The van der Waals surface area contributed by atoms with Gasteiger partial charge in [-0.15, -0.1) is 0 Å². The first-order valence-electron chi connectivity index (χ1n) is 7.36. The molecule has 1 unspecified atom stereocenters. The van der Waals surface area contributed by atoms with Crippen LogP contribution in [0, 0.1) is 0 Å². The molecule has 0 radical (unpaired) electrons. The summed E-state index contributed by atoms with van der Waals surface area (Å²) in [7, 11) is 0. The van der Waals surface area contributed by atoms with Gasteiger partial charge in [0.15, 0.2) is 0 Å². The van der Waals surface area contributed by atoms with Crippen molar-refractivity contribution in [2.75, 3.05) is 6.61 Å². The molecule has 1 atom stereocenters. The van der Waals surface area contributed by atoms with E-state index in [9.17, 15) is 4.79 Å². The van der Waals surface area contributed by atoms with E-state index in [1.54, 1.807) is 0 Å². The number of hydrogen-bond donors (Lipinski definition) is 1. The van der Waals surface area contributed by atoms with Crippen molar-refractivity contribution >= 4 is 5.91 Å². The summed E-state index contributed by atoms with van der Waals surface area (Å²) in [5, 5.41) is 2.94. The number of ether oxygens (including phenoxy) is 1. The maximum atomic E-state index is 11.9. The highest BCUT2D eigenvalue weighted by molar-refractivity contribution is 5.80. The fourth-order valence-electron chi connectivity index (χ4n) is 2.53. The molecule has 1 saturated heterocycles. The second kappa shape index (κ2) is 6.55. The predicted octanol–water partition coefficient (Wildman–Crippen LogP) is 3.15. The third kappa shape index (κ3) is 3.50. The van der Waals surface area contributed by atoms with Crippen LogP contribution in [0.25, 0.3) is 11.1 Å². The molecule has 3 heteroatoms. The number of carbonyl (C=O) groups excluding carboxylic acids is 1. The Balaban J connectivity index is 1.58. The SMILES string of the molecule is O=C(NCc1ccc(-c2ccccc2)cc1)C1CCCO1. The molecule has 1 aliphatic rings. The molecule has 2 aromatic carbocycles. The van der Waals surface area contributed by atoms with Gasteiger partial charge in [-0.05, 0) is 29.5 Å². The van der Waals surface area contributed by atoms with Gasteiger partial charge in [-0.1, -0.05) is 54.6 Å². The molecule has 0 aromatic heterocycles. The van der Waals surface area contributed by atoms with E-state index in [-0.39, 0.29) is 12.0 Å². The van der Waals surface area contributed by atoms with E-state index in [0.717, 1.165) is 18.4 Å². The minimum atomic E-state index is -0.256. The van der Waals surface area contributed by atoms with Crippen LogP contribution in [0.5, 0.6) is 0 Å². The Kier molecular flexibility index (Phi) is 4.31. The van der Waals surface area contributed by atoms with Crippen LogP contribution in [0.3, 0.4) is 0 Å². The fraction of sp³-hybridized carbons (Fsp3) is 0.278. The summed E-state index contributed by atoms with van der Waals surface area (Å²) >= 11 is 0. The highest BCUT2D eigenvalue weighted by Crippen LogP contribution is 2.19. The molecule has 0 saturated carbocycles. The highest BCUT2D eigenvalue weighted by atomic mass is 16.5. The molecule has 1 aliphatic heterocycles. The molecule has 3 rings (SSSR count). The molecule has 1 fully saturated rings. The Morgan fingerprint density at radius 3 is 2.43 bits per heavy atom. The van der Waals surface area contributed by atoms with E-state index in [1.165, 1.54) is 11.1 Å². The van der Waals surface area contributed by atoms with E-state index < -0.39 is 0 Å². The van der Waals surface area contributed by atoms with Gasteiger partial charge in [-0.3, -0.25) is 4.79 Å². The van der Waals surface area contributed by atoms with Gasteiger partial charge in [0, 0.05) is 13.2 Å². The van der Waals surface area contributed by atoms with Crippen molar-refractivity contribution in [2.45, 2.75) is 25.5 Å². The lowest BCUT2D eigenvalue weighted by Crippen LogP contribution is -2.33. The Morgan fingerprint density at radius 2 is 1.76 bits per heavy atom. The van der Waals surface area contributed by atoms with Crippen LogP contribution in [0.1, 0.15) is 18.4 Å². The van der Waals surface area contributed by atoms with Gasteiger partial charge < -0.3 is 10.1 Å². The van der Waals surface area contributed by atoms with Gasteiger partial charge >= 0.3 is 0 Å². The number of rotatable bonds is 4. The summed E-state index contributed by atoms with van der Waals surface area (Å²) in [5.74, 6) is -0.000337. The van der Waals surface area contributed by atoms with Gasteiger partial charge in [0.2, 0.25) is 5.91 Å². The molecule has 2 aromatic rings. The summed E-state index contributed by atoms with van der Waals surface area (Å²) in [6, 6.07) is 18.5. The molecule has 3 nitrogen and oxygen atoms in total. The third-order valence-corrected chi connectivity index (χ3v) is 3.75. The van der Waals surface area contributed by atoms with Gasteiger partial charge in [-0.25, -0.2) is 0 Å². The van der Waals surface area contributed by atoms with Crippen LogP contribution < -0.4 is 5.32 Å². The van der Waals surface area contributed by atoms with Crippen molar-refractivity contribution < 1.29 is 9.53 Å². The molecule has 1 heterocycles. The zero-order valence-corrected chi connectivity index (χ0v) is 11.9. The summed E-state index contributed by atoms with van der Waals surface area (Å²) in [6.45, 7) is 1.25. The molecule has 0 spiro atoms. The quantitative estimate of drug-likeness (QED) is 0.935. The number of benzene rings is 2. The Bertz CT molecular complexity index is 586. The van der Waals surface area contributed by atoms with Crippen LogP contribution >= 0.6 is 0 Å². The van der Waals surface area contributed by atoms with E-state index in [2.05, 4.69) is 41.7 Å². The van der Waals surface area contributed by atoms with Crippen molar-refractivity contribution in [2.24, 2.45) is 0 Å². The lowest BCUT2D eigenvalue weighted by atomic mass is 10.0. The van der Waals surface area contributed by atoms with Gasteiger partial charge in [0.05, 0.1) is 0 Å². The first-order valence-corrected chi connectivity index (χ1v) is 7.36. The number of nitrogens with one attached hydrogen (secondary N) is 1. The minimum Gasteiger partial charge on any atom is -0.368 e. The molecular weight excluding hydrogens is 262 g/mol. The van der Waals surface area contributed by atoms with E-state index in [4.69, 9.17) is 4.74 Å². The molecule has 21 heavy (non-hydrogen) atoms. The topological polar surface area (TPSA) is 38.3 Å². The van der Waals surface area contributed by atoms with Crippen molar-refractivity contribution in [3.63, 3.8) is 0 Å². The molecular formula is C18H19NO2. The summed E-state index contributed by atoms with van der Waals surface area (Å²) in [4.78, 5) is 11.9. The predicted molar refractivity (Wildman–Crippen MR) is 82.7 cm³/mol. The highest BCUT2D eigenvalue weighted by Gasteiger charge is 2.22. The van der Waals surface area contributed by atoms with Crippen LogP contribution in [-0.4, -0.2) is 18.6 Å². The minimum absolute atomic E-state index is 0.000337. The Labute approximate surface area is 124 Å². The van der Waals surface area contributed by atoms with Crippen molar-refractivity contribution in [1.82, 2.24) is 5.32 Å². The number of amides is 1. The Hall–Kier alpha value is -2.13. The van der Waals surface area contributed by atoms with Crippen LogP contribution in [0.2, 0.25) is 0 Å². The average Bonchev–Trinajstić information content (AvgIpc) is 3.08. The van der Waals surface area contributed by atoms with Crippen LogP contribution in [0.4, 0.5) is 0 Å². The van der Waals surface area contributed by atoms with Gasteiger partial charge in [0.25, 0.3) is 0 Å². The van der Waals surface area contributed by atoms with Crippen molar-refractivity contribution in [3.05, 3.63) is 60.2 Å². The second-order valence-electron chi connectivity index (χ2n) is 5.28. The summed E-state index contributed by atoms with van der Waals surface area (Å²) in [5.41, 5.74) is 3.48. The maximum absolute atomic E-state index is 11.9. The van der Waals surface area contributed by atoms with E-state index in [0.29, 0.717) is 13.2 Å². The molecule has 0 aliphatic carbocycles. The standard InChI is InChI=1S/C18H19NO2/c20-18(17-7-4-12-21-17)19-13-14-8-10-16(11-9-14)15-5-2-1-3-6-15/h1-3,5-6,8-11,17H,4,7,12-13H2,(H,19,20). The average molecular weight is 281 g/mol. The van der Waals surface area contributed by atoms with E-state index >= 15 is 0 Å². The molecule has 0 bridgehead atoms. The summed E-state index contributed by atoms with van der Waals surface area (Å²) in [6.07, 6.45) is 1.55. The molecule has 1 amide bonds. The number of hydrogen-bond acceptors (Lipinski definition) is 2. The zero-order valence-electron chi connectivity index (χ0n) is 11.9. The van der Waals surface area contributed by atoms with Crippen LogP contribution in [-0.2, 0) is 16.1 Å². The maximum Gasteiger partial charge on any atom is 0.249 e. The lowest BCUT2D eigenvalue weighted by molar-refractivity contribution is -0.130. The lowest BCUT2D eigenvalue weighted by Gasteiger charge is -2.10. The van der Waals surface area contributed by atoms with Crippen molar-refractivity contribution in [1.29, 1.82) is 0 Å². The molecule has 1 N–H and O–H groups in total.